The number of nitrogens with zero attached hydrogens (tertiary/aromatic N) is 2. The molecule has 1 saturated heterocycles. The highest BCUT2D eigenvalue weighted by Crippen LogP contribution is 2.32. The van der Waals surface area contributed by atoms with Gasteiger partial charge in [-0.1, -0.05) is 6.92 Å². The van der Waals surface area contributed by atoms with Gasteiger partial charge in [0.05, 0.1) is 11.6 Å². The van der Waals surface area contributed by atoms with Crippen molar-refractivity contribution in [2.45, 2.75) is 65.3 Å². The van der Waals surface area contributed by atoms with E-state index in [9.17, 15) is 18.0 Å². The molecule has 1 aromatic rings. The normalized spacial score (nSPS) is 21.1. The van der Waals surface area contributed by atoms with Crippen molar-refractivity contribution in [1.82, 2.24) is 9.88 Å². The summed E-state index contributed by atoms with van der Waals surface area (Å²) in [6.07, 6.45) is -2.46. The van der Waals surface area contributed by atoms with E-state index in [0.717, 1.165) is 19.0 Å². The summed E-state index contributed by atoms with van der Waals surface area (Å²) in [6, 6.07) is 1.06. The Balaban J connectivity index is 2.07. The molecule has 2 atom stereocenters. The molecule has 0 radical (unpaired) electrons. The quantitative estimate of drug-likeness (QED) is 0.745. The summed E-state index contributed by atoms with van der Waals surface area (Å²) < 4.78 is 49.6. The smallest absolute Gasteiger partial charge is 0.418 e. The Morgan fingerprint density at radius 2 is 2.00 bits per heavy atom. The third-order valence-corrected chi connectivity index (χ3v) is 4.42. The molecular weight excluding hydrogens is 361 g/mol. The minimum absolute atomic E-state index is 0.0495. The van der Waals surface area contributed by atoms with Crippen LogP contribution in [0.2, 0.25) is 0 Å². The standard InChI is InChI=1S/C19H27F3N2O3/c1-12-6-7-24(17(25)27-18(3,4)5)14(8-12)11-26-16-9-13(2)15(10-23-16)19(20,21)22/h9-10,12,14H,6-8,11H2,1-5H3/t12-,14+/m1/s1. The molecule has 5 nitrogen and oxygen atoms in total. The van der Waals surface area contributed by atoms with E-state index in [2.05, 4.69) is 11.9 Å². The third kappa shape index (κ3) is 6.01. The van der Waals surface area contributed by atoms with Gasteiger partial charge in [0.2, 0.25) is 5.88 Å². The van der Waals surface area contributed by atoms with Crippen LogP contribution >= 0.6 is 0 Å². The first-order valence-corrected chi connectivity index (χ1v) is 9.03. The summed E-state index contributed by atoms with van der Waals surface area (Å²) in [6.45, 7) is 9.59. The van der Waals surface area contributed by atoms with Gasteiger partial charge in [-0.15, -0.1) is 0 Å². The van der Waals surface area contributed by atoms with E-state index < -0.39 is 23.4 Å². The Hall–Kier alpha value is -1.99. The molecule has 0 aliphatic carbocycles. The topological polar surface area (TPSA) is 51.7 Å². The second kappa shape index (κ2) is 7.94. The number of alkyl halides is 3. The first-order valence-electron chi connectivity index (χ1n) is 9.03. The zero-order valence-electron chi connectivity index (χ0n) is 16.4. The molecule has 0 aromatic carbocycles. The van der Waals surface area contributed by atoms with Crippen LogP contribution in [0.4, 0.5) is 18.0 Å². The lowest BCUT2D eigenvalue weighted by Crippen LogP contribution is -2.50. The van der Waals surface area contributed by atoms with E-state index in [1.54, 1.807) is 25.7 Å². The number of amides is 1. The Morgan fingerprint density at radius 3 is 2.56 bits per heavy atom. The van der Waals surface area contributed by atoms with Crippen molar-refractivity contribution in [2.75, 3.05) is 13.2 Å². The molecule has 8 heteroatoms. The molecular formula is C19H27F3N2O3. The zero-order valence-corrected chi connectivity index (χ0v) is 16.4. The highest BCUT2D eigenvalue weighted by atomic mass is 19.4. The van der Waals surface area contributed by atoms with Gasteiger partial charge in [-0.25, -0.2) is 9.78 Å². The second-order valence-electron chi connectivity index (χ2n) is 8.10. The number of aromatic nitrogens is 1. The predicted octanol–water partition coefficient (Wildman–Crippen LogP) is 4.82. The van der Waals surface area contributed by atoms with Crippen LogP contribution in [0.5, 0.6) is 5.88 Å². The van der Waals surface area contributed by atoms with Crippen LogP contribution < -0.4 is 4.74 Å². The van der Waals surface area contributed by atoms with Crippen LogP contribution in [0.15, 0.2) is 12.3 Å². The van der Waals surface area contributed by atoms with Crippen LogP contribution in [0.1, 0.15) is 51.7 Å². The largest absolute Gasteiger partial charge is 0.475 e. The van der Waals surface area contributed by atoms with Gasteiger partial charge in [0.15, 0.2) is 0 Å². The maximum Gasteiger partial charge on any atom is 0.418 e. The number of hydrogen-bond acceptors (Lipinski definition) is 4. The molecule has 27 heavy (non-hydrogen) atoms. The fourth-order valence-corrected chi connectivity index (χ4v) is 3.06. The number of halogens is 3. The molecule has 0 bridgehead atoms. The summed E-state index contributed by atoms with van der Waals surface area (Å²) in [5.41, 5.74) is -1.33. The van der Waals surface area contributed by atoms with Gasteiger partial charge in [0.25, 0.3) is 0 Å². The molecule has 1 amide bonds. The Labute approximate surface area is 157 Å². The van der Waals surface area contributed by atoms with E-state index in [1.807, 2.05) is 0 Å². The maximum absolute atomic E-state index is 12.8. The molecule has 152 valence electrons. The molecule has 1 aromatic heterocycles. The van der Waals surface area contributed by atoms with E-state index in [-0.39, 0.29) is 24.1 Å². The van der Waals surface area contributed by atoms with Crippen LogP contribution in [0.25, 0.3) is 0 Å². The van der Waals surface area contributed by atoms with E-state index in [4.69, 9.17) is 9.47 Å². The van der Waals surface area contributed by atoms with E-state index in [0.29, 0.717) is 12.5 Å². The van der Waals surface area contributed by atoms with Crippen molar-refractivity contribution in [3.8, 4) is 5.88 Å². The first-order chi connectivity index (χ1) is 12.4. The number of piperidine rings is 1. The van der Waals surface area contributed by atoms with Crippen LogP contribution in [0, 0.1) is 12.8 Å². The maximum atomic E-state index is 12.8. The molecule has 1 aliphatic rings. The Bertz CT molecular complexity index is 671. The van der Waals surface area contributed by atoms with Gasteiger partial charge in [-0.3, -0.25) is 0 Å². The van der Waals surface area contributed by atoms with Gasteiger partial charge in [0, 0.05) is 18.8 Å². The molecule has 1 fully saturated rings. The summed E-state index contributed by atoms with van der Waals surface area (Å²) in [5, 5.41) is 0. The van der Waals surface area contributed by atoms with E-state index >= 15 is 0 Å². The number of pyridine rings is 1. The predicted molar refractivity (Wildman–Crippen MR) is 94.6 cm³/mol. The lowest BCUT2D eigenvalue weighted by atomic mass is 9.93. The second-order valence-corrected chi connectivity index (χ2v) is 8.10. The average molecular weight is 388 g/mol. The number of hydrogen-bond donors (Lipinski definition) is 0. The Kier molecular flexibility index (Phi) is 6.27. The van der Waals surface area contributed by atoms with Crippen molar-refractivity contribution in [2.24, 2.45) is 5.92 Å². The number of carbonyl (C=O) groups excluding carboxylic acids is 1. The molecule has 0 unspecified atom stereocenters. The molecule has 0 spiro atoms. The minimum atomic E-state index is -4.44. The summed E-state index contributed by atoms with van der Waals surface area (Å²) in [4.78, 5) is 17.9. The number of ether oxygens (including phenoxy) is 2. The van der Waals surface area contributed by atoms with Crippen LogP contribution in [0.3, 0.4) is 0 Å². The molecule has 0 N–H and O–H groups in total. The highest BCUT2D eigenvalue weighted by molar-refractivity contribution is 5.68. The van der Waals surface area contributed by atoms with Gasteiger partial charge >= 0.3 is 12.3 Å². The van der Waals surface area contributed by atoms with Crippen LogP contribution in [-0.2, 0) is 10.9 Å². The minimum Gasteiger partial charge on any atom is -0.475 e. The van der Waals surface area contributed by atoms with E-state index in [1.165, 1.54) is 13.0 Å². The third-order valence-electron chi connectivity index (χ3n) is 4.42. The van der Waals surface area contributed by atoms with Crippen molar-refractivity contribution >= 4 is 6.09 Å². The summed E-state index contributed by atoms with van der Waals surface area (Å²) in [5.74, 6) is 0.530. The van der Waals surface area contributed by atoms with Crippen molar-refractivity contribution in [3.63, 3.8) is 0 Å². The molecule has 1 aliphatic heterocycles. The van der Waals surface area contributed by atoms with Crippen molar-refractivity contribution in [3.05, 3.63) is 23.4 Å². The molecule has 0 saturated carbocycles. The first kappa shape index (κ1) is 21.3. The fourth-order valence-electron chi connectivity index (χ4n) is 3.06. The fraction of sp³-hybridized carbons (Fsp3) is 0.684. The van der Waals surface area contributed by atoms with Gasteiger partial charge in [-0.05, 0) is 52.0 Å². The summed E-state index contributed by atoms with van der Waals surface area (Å²) >= 11 is 0. The molecule has 2 heterocycles. The zero-order chi connectivity index (χ0) is 20.4. The van der Waals surface area contributed by atoms with Gasteiger partial charge < -0.3 is 14.4 Å². The number of likely N-dealkylation sites (tertiary alicyclic amines) is 1. The van der Waals surface area contributed by atoms with Gasteiger partial charge in [0.1, 0.15) is 12.2 Å². The van der Waals surface area contributed by atoms with Crippen molar-refractivity contribution in [1.29, 1.82) is 0 Å². The number of carbonyl (C=O) groups is 1. The van der Waals surface area contributed by atoms with Crippen molar-refractivity contribution < 1.29 is 27.4 Å². The number of aryl methyl sites for hydroxylation is 1. The Morgan fingerprint density at radius 1 is 1.33 bits per heavy atom. The number of rotatable bonds is 3. The highest BCUT2D eigenvalue weighted by Gasteiger charge is 2.34. The lowest BCUT2D eigenvalue weighted by molar-refractivity contribution is -0.138. The SMILES string of the molecule is Cc1cc(OC[C@@H]2C[C@H](C)CCN2C(=O)OC(C)(C)C)ncc1C(F)(F)F. The monoisotopic (exact) mass is 388 g/mol. The molecule has 2 rings (SSSR count). The summed E-state index contributed by atoms with van der Waals surface area (Å²) in [7, 11) is 0. The van der Waals surface area contributed by atoms with Gasteiger partial charge in [-0.2, -0.15) is 13.2 Å². The average Bonchev–Trinajstić information content (AvgIpc) is 2.50. The van der Waals surface area contributed by atoms with Crippen LogP contribution in [-0.4, -0.2) is 40.8 Å². The lowest BCUT2D eigenvalue weighted by Gasteiger charge is -2.38.